The van der Waals surface area contributed by atoms with E-state index in [4.69, 9.17) is 21.1 Å². The number of nitrogens with one attached hydrogen (secondary N) is 2. The molecule has 10 heteroatoms. The second-order valence-electron chi connectivity index (χ2n) is 9.89. The molecule has 3 heterocycles. The molecule has 3 aliphatic rings. The molecule has 0 aromatic carbocycles. The van der Waals surface area contributed by atoms with E-state index in [1.165, 1.54) is 11.8 Å². The summed E-state index contributed by atoms with van der Waals surface area (Å²) in [7, 11) is 0. The van der Waals surface area contributed by atoms with Crippen LogP contribution in [0.5, 0.6) is 0 Å². The zero-order valence-corrected chi connectivity index (χ0v) is 20.9. The summed E-state index contributed by atoms with van der Waals surface area (Å²) >= 11 is 7.62. The number of carbonyl (C=O) groups is 1. The Morgan fingerprint density at radius 1 is 1.22 bits per heavy atom. The molecule has 0 radical (unpaired) electrons. The van der Waals surface area contributed by atoms with Gasteiger partial charge in [-0.15, -0.1) is 23.4 Å². The van der Waals surface area contributed by atoms with E-state index in [1.54, 1.807) is 13.2 Å². The lowest BCUT2D eigenvalue weighted by Gasteiger charge is -2.44. The van der Waals surface area contributed by atoms with Gasteiger partial charge in [0, 0.05) is 13.2 Å². The summed E-state index contributed by atoms with van der Waals surface area (Å²) in [5, 5.41) is 36.6. The van der Waals surface area contributed by atoms with Gasteiger partial charge in [-0.2, -0.15) is 0 Å². The quantitative estimate of drug-likeness (QED) is 0.328. The molecular weight excluding hydrogens is 456 g/mol. The van der Waals surface area contributed by atoms with Crippen LogP contribution in [0, 0.1) is 17.8 Å². The average molecular weight is 495 g/mol. The fraction of sp³-hybridized carbons (Fsp3) is 0.955. The fourth-order valence-electron chi connectivity index (χ4n) is 5.35. The van der Waals surface area contributed by atoms with Crippen LogP contribution >= 0.6 is 23.4 Å². The summed E-state index contributed by atoms with van der Waals surface area (Å²) in [6.45, 7) is 7.54. The minimum Gasteiger partial charge on any atom is -0.388 e. The lowest BCUT2D eigenvalue weighted by atomic mass is 9.85. The van der Waals surface area contributed by atoms with Crippen molar-refractivity contribution in [1.29, 1.82) is 0 Å². The Labute approximate surface area is 200 Å². The first-order chi connectivity index (χ1) is 15.1. The number of carbonyl (C=O) groups excluding carboxylic acids is 1. The van der Waals surface area contributed by atoms with Gasteiger partial charge >= 0.3 is 0 Å². The van der Waals surface area contributed by atoms with Crippen molar-refractivity contribution in [2.24, 2.45) is 17.8 Å². The maximum Gasteiger partial charge on any atom is 0.240 e. The maximum absolute atomic E-state index is 13.3. The Bertz CT molecular complexity index is 627. The number of aliphatic hydroxyl groups excluding tert-OH is 3. The van der Waals surface area contributed by atoms with Crippen molar-refractivity contribution in [3.63, 3.8) is 0 Å². The fourth-order valence-corrected chi connectivity index (χ4v) is 6.24. The molecule has 3 fully saturated rings. The van der Waals surface area contributed by atoms with Crippen LogP contribution in [0.2, 0.25) is 0 Å². The highest BCUT2D eigenvalue weighted by Crippen LogP contribution is 2.34. The zero-order valence-electron chi connectivity index (χ0n) is 19.3. The van der Waals surface area contributed by atoms with Crippen LogP contribution in [0.1, 0.15) is 40.0 Å². The predicted octanol–water partition coefficient (Wildman–Crippen LogP) is 0.698. The van der Waals surface area contributed by atoms with Crippen LogP contribution in [0.25, 0.3) is 0 Å². The maximum atomic E-state index is 13.3. The molecular formula is C22H39ClN2O6S. The second kappa shape index (κ2) is 11.5. The molecule has 11 atom stereocenters. The molecule has 32 heavy (non-hydrogen) atoms. The van der Waals surface area contributed by atoms with E-state index in [2.05, 4.69) is 24.5 Å². The molecule has 3 saturated heterocycles. The molecule has 2 unspecified atom stereocenters. The first kappa shape index (κ1) is 26.5. The molecule has 0 spiro atoms. The third-order valence-electron chi connectivity index (χ3n) is 6.95. The van der Waals surface area contributed by atoms with Gasteiger partial charge in [-0.05, 0) is 50.2 Å². The standard InChI is InChI=1S/C22H39ClN2O6S/c1-10(2)7-12-5-6-30-19-13(8-12)9-24-15(19)21(29)25-14(11(3)23)20-17(27)16(26)18(28)22(31-20)32-4/h10-20,22,24,26-28H,5-9H2,1-4H3,(H,25,29)/t11-,12-,13-,14+,15-,16?,17-,18+,19+,20+,22?/m0/s1. The van der Waals surface area contributed by atoms with E-state index >= 15 is 0 Å². The van der Waals surface area contributed by atoms with Crippen molar-refractivity contribution >= 4 is 29.3 Å². The third-order valence-corrected chi connectivity index (χ3v) is 8.08. The van der Waals surface area contributed by atoms with Crippen LogP contribution in [0.3, 0.4) is 0 Å². The molecule has 0 aliphatic carbocycles. The zero-order chi connectivity index (χ0) is 23.6. The molecule has 3 rings (SSSR count). The number of rotatable bonds is 7. The van der Waals surface area contributed by atoms with Gasteiger partial charge in [0.1, 0.15) is 35.9 Å². The SMILES string of the molecule is CSC1O[C@H]([C@H](NC(=O)[C@H]2NC[C@@H]3C[C@H](CC(C)C)CCO[C@H]32)[C@H](C)Cl)[C@@H](O)C(O)[C@H]1O. The van der Waals surface area contributed by atoms with Gasteiger partial charge < -0.3 is 35.4 Å². The van der Waals surface area contributed by atoms with Crippen molar-refractivity contribution in [2.75, 3.05) is 19.4 Å². The van der Waals surface area contributed by atoms with Gasteiger partial charge in [-0.3, -0.25) is 4.79 Å². The van der Waals surface area contributed by atoms with E-state index in [9.17, 15) is 20.1 Å². The molecule has 3 aliphatic heterocycles. The molecule has 1 amide bonds. The number of fused-ring (bicyclic) bond motifs is 1. The van der Waals surface area contributed by atoms with E-state index in [1.807, 2.05) is 0 Å². The topological polar surface area (TPSA) is 120 Å². The minimum absolute atomic E-state index is 0.206. The average Bonchev–Trinajstić information content (AvgIpc) is 3.02. The molecule has 0 saturated carbocycles. The van der Waals surface area contributed by atoms with E-state index in [0.717, 1.165) is 25.8 Å². The summed E-state index contributed by atoms with van der Waals surface area (Å²) in [6, 6.07) is -1.26. The molecule has 5 N–H and O–H groups in total. The highest BCUT2D eigenvalue weighted by Gasteiger charge is 2.49. The first-order valence-corrected chi connectivity index (χ1v) is 13.4. The highest BCUT2D eigenvalue weighted by atomic mass is 35.5. The van der Waals surface area contributed by atoms with Crippen LogP contribution in [0.15, 0.2) is 0 Å². The monoisotopic (exact) mass is 494 g/mol. The largest absolute Gasteiger partial charge is 0.388 e. The van der Waals surface area contributed by atoms with Crippen molar-refractivity contribution in [3.8, 4) is 0 Å². The van der Waals surface area contributed by atoms with Gasteiger partial charge in [-0.1, -0.05) is 13.8 Å². The molecule has 0 aromatic heterocycles. The number of amides is 1. The smallest absolute Gasteiger partial charge is 0.240 e. The van der Waals surface area contributed by atoms with Crippen LogP contribution < -0.4 is 10.6 Å². The summed E-state index contributed by atoms with van der Waals surface area (Å²) < 4.78 is 12.0. The molecule has 0 aromatic rings. The first-order valence-electron chi connectivity index (χ1n) is 11.7. The number of hydrogen-bond acceptors (Lipinski definition) is 8. The summed E-state index contributed by atoms with van der Waals surface area (Å²) in [5.74, 6) is 1.26. The van der Waals surface area contributed by atoms with Crippen LogP contribution in [-0.2, 0) is 14.3 Å². The normalized spacial score (nSPS) is 42.2. The Balaban J connectivity index is 1.68. The summed E-state index contributed by atoms with van der Waals surface area (Å²) in [5.41, 5.74) is -0.731. The molecule has 186 valence electrons. The van der Waals surface area contributed by atoms with E-state index < -0.39 is 47.3 Å². The molecule has 8 nitrogen and oxygen atoms in total. The van der Waals surface area contributed by atoms with Gasteiger partial charge in [-0.25, -0.2) is 0 Å². The Hall–Kier alpha value is -0.130. The van der Waals surface area contributed by atoms with Crippen LogP contribution in [0.4, 0.5) is 0 Å². The summed E-state index contributed by atoms with van der Waals surface area (Å²) in [6.07, 6.45) is -0.199. The number of alkyl halides is 1. The summed E-state index contributed by atoms with van der Waals surface area (Å²) in [4.78, 5) is 13.3. The Morgan fingerprint density at radius 3 is 2.56 bits per heavy atom. The van der Waals surface area contributed by atoms with Gasteiger partial charge in [0.05, 0.1) is 17.5 Å². The van der Waals surface area contributed by atoms with Crippen molar-refractivity contribution in [1.82, 2.24) is 10.6 Å². The van der Waals surface area contributed by atoms with Crippen molar-refractivity contribution < 1.29 is 29.6 Å². The second-order valence-corrected chi connectivity index (χ2v) is 11.5. The highest BCUT2D eigenvalue weighted by molar-refractivity contribution is 7.99. The van der Waals surface area contributed by atoms with Gasteiger partial charge in [0.25, 0.3) is 0 Å². The van der Waals surface area contributed by atoms with Crippen molar-refractivity contribution in [3.05, 3.63) is 0 Å². The third kappa shape index (κ3) is 5.92. The number of thioether (sulfide) groups is 1. The lowest BCUT2D eigenvalue weighted by molar-refractivity contribution is -0.205. The number of aliphatic hydroxyl groups is 3. The number of halogens is 1. The van der Waals surface area contributed by atoms with E-state index in [-0.39, 0.29) is 17.9 Å². The van der Waals surface area contributed by atoms with E-state index in [0.29, 0.717) is 18.4 Å². The van der Waals surface area contributed by atoms with Crippen LogP contribution in [-0.4, -0.2) is 94.1 Å². The lowest BCUT2D eigenvalue weighted by Crippen LogP contribution is -2.65. The minimum atomic E-state index is -1.39. The molecule has 0 bridgehead atoms. The van der Waals surface area contributed by atoms with Crippen molar-refractivity contribution in [2.45, 2.75) is 93.5 Å². The number of hydrogen-bond donors (Lipinski definition) is 5. The Morgan fingerprint density at radius 2 is 1.94 bits per heavy atom. The van der Waals surface area contributed by atoms with Gasteiger partial charge in [0.15, 0.2) is 0 Å². The van der Waals surface area contributed by atoms with Gasteiger partial charge in [0.2, 0.25) is 5.91 Å². The Kier molecular flexibility index (Phi) is 9.54. The predicted molar refractivity (Wildman–Crippen MR) is 125 cm³/mol. The number of ether oxygens (including phenoxy) is 2.